The van der Waals surface area contributed by atoms with Crippen LogP contribution in [-0.4, -0.2) is 56.9 Å². The quantitative estimate of drug-likeness (QED) is 0.749. The Labute approximate surface area is 161 Å². The number of amides is 2. The highest BCUT2D eigenvalue weighted by Gasteiger charge is 2.22. The molecule has 0 spiro atoms. The van der Waals surface area contributed by atoms with E-state index in [4.69, 9.17) is 11.6 Å². The molecule has 140 valence electrons. The van der Waals surface area contributed by atoms with E-state index in [-0.39, 0.29) is 6.03 Å². The van der Waals surface area contributed by atoms with Gasteiger partial charge < -0.3 is 15.1 Å². The monoisotopic (exact) mass is 385 g/mol. The molecule has 2 aromatic heterocycles. The molecule has 1 aliphatic rings. The predicted octanol–water partition coefficient (Wildman–Crippen LogP) is 2.69. The minimum Gasteiger partial charge on any atom is -0.367 e. The standard InChI is InChI=1S/C18H20ClN7O/c1-2-16-22-23-17-11-15(12-20-26(16)17)24-7-9-25(10-8-24)18(27)21-14-5-3-13(19)4-6-14/h3-6,11-12H,2,7-10H2,1H3,(H,21,27). The number of halogens is 1. The minimum atomic E-state index is -0.101. The van der Waals surface area contributed by atoms with E-state index in [2.05, 4.69) is 25.5 Å². The Morgan fingerprint density at radius 1 is 1.15 bits per heavy atom. The molecule has 1 saturated heterocycles. The van der Waals surface area contributed by atoms with Crippen LogP contribution in [0.15, 0.2) is 36.5 Å². The van der Waals surface area contributed by atoms with E-state index < -0.39 is 0 Å². The van der Waals surface area contributed by atoms with Crippen LogP contribution in [0.25, 0.3) is 5.65 Å². The number of nitrogens with one attached hydrogen (secondary N) is 1. The van der Waals surface area contributed by atoms with Crippen molar-refractivity contribution >= 4 is 34.7 Å². The molecule has 27 heavy (non-hydrogen) atoms. The van der Waals surface area contributed by atoms with Gasteiger partial charge in [0.15, 0.2) is 11.5 Å². The van der Waals surface area contributed by atoms with E-state index in [1.165, 1.54) is 0 Å². The first-order valence-electron chi connectivity index (χ1n) is 8.91. The van der Waals surface area contributed by atoms with Gasteiger partial charge in [0.25, 0.3) is 0 Å². The number of fused-ring (bicyclic) bond motifs is 1. The molecule has 0 saturated carbocycles. The lowest BCUT2D eigenvalue weighted by Crippen LogP contribution is -2.50. The second kappa shape index (κ2) is 7.40. The highest BCUT2D eigenvalue weighted by molar-refractivity contribution is 6.30. The van der Waals surface area contributed by atoms with Gasteiger partial charge in [-0.25, -0.2) is 4.79 Å². The molecule has 9 heteroatoms. The Hall–Kier alpha value is -2.87. The fourth-order valence-electron chi connectivity index (χ4n) is 3.13. The van der Waals surface area contributed by atoms with Crippen LogP contribution in [0.1, 0.15) is 12.7 Å². The van der Waals surface area contributed by atoms with Crippen molar-refractivity contribution < 1.29 is 4.79 Å². The van der Waals surface area contributed by atoms with E-state index in [1.54, 1.807) is 28.8 Å². The molecule has 0 aliphatic carbocycles. The van der Waals surface area contributed by atoms with Crippen molar-refractivity contribution in [2.45, 2.75) is 13.3 Å². The molecule has 1 N–H and O–H groups in total. The van der Waals surface area contributed by atoms with E-state index in [0.29, 0.717) is 18.1 Å². The van der Waals surface area contributed by atoms with Crippen LogP contribution in [0, 0.1) is 0 Å². The van der Waals surface area contributed by atoms with Crippen LogP contribution >= 0.6 is 11.6 Å². The van der Waals surface area contributed by atoms with Gasteiger partial charge in [-0.05, 0) is 24.3 Å². The van der Waals surface area contributed by atoms with Gasteiger partial charge in [0, 0.05) is 49.4 Å². The van der Waals surface area contributed by atoms with Gasteiger partial charge >= 0.3 is 6.03 Å². The molecular weight excluding hydrogens is 366 g/mol. The summed E-state index contributed by atoms with van der Waals surface area (Å²) < 4.78 is 1.76. The number of carbonyl (C=O) groups is 1. The fraction of sp³-hybridized carbons (Fsp3) is 0.333. The van der Waals surface area contributed by atoms with Crippen molar-refractivity contribution in [1.82, 2.24) is 24.7 Å². The summed E-state index contributed by atoms with van der Waals surface area (Å²) in [5, 5.41) is 16.3. The van der Waals surface area contributed by atoms with Gasteiger partial charge in [0.1, 0.15) is 0 Å². The lowest BCUT2D eigenvalue weighted by Gasteiger charge is -2.35. The maximum atomic E-state index is 12.4. The molecule has 1 fully saturated rings. The van der Waals surface area contributed by atoms with Crippen LogP contribution in [0.2, 0.25) is 5.02 Å². The summed E-state index contributed by atoms with van der Waals surface area (Å²) in [5.74, 6) is 0.847. The summed E-state index contributed by atoms with van der Waals surface area (Å²) in [6.45, 7) is 4.77. The summed E-state index contributed by atoms with van der Waals surface area (Å²) in [7, 11) is 0. The molecule has 3 aromatic rings. The largest absolute Gasteiger partial charge is 0.367 e. The second-order valence-electron chi connectivity index (χ2n) is 6.36. The number of aromatic nitrogens is 4. The van der Waals surface area contributed by atoms with Crippen LogP contribution in [0.5, 0.6) is 0 Å². The summed E-state index contributed by atoms with van der Waals surface area (Å²) >= 11 is 5.87. The smallest absolute Gasteiger partial charge is 0.321 e. The van der Waals surface area contributed by atoms with Crippen molar-refractivity contribution in [3.05, 3.63) is 47.4 Å². The molecule has 0 bridgehead atoms. The highest BCUT2D eigenvalue weighted by Crippen LogP contribution is 2.18. The zero-order valence-corrected chi connectivity index (χ0v) is 15.7. The second-order valence-corrected chi connectivity index (χ2v) is 6.80. The Morgan fingerprint density at radius 3 is 2.59 bits per heavy atom. The van der Waals surface area contributed by atoms with Crippen molar-refractivity contribution in [2.75, 3.05) is 36.4 Å². The average Bonchev–Trinajstić information content (AvgIpc) is 3.12. The number of anilines is 2. The van der Waals surface area contributed by atoms with Crippen molar-refractivity contribution in [3.8, 4) is 0 Å². The topological polar surface area (TPSA) is 78.7 Å². The van der Waals surface area contributed by atoms with Crippen LogP contribution < -0.4 is 10.2 Å². The molecule has 2 amide bonds. The van der Waals surface area contributed by atoms with Gasteiger partial charge in [0.05, 0.1) is 11.9 Å². The van der Waals surface area contributed by atoms with Gasteiger partial charge in [-0.15, -0.1) is 10.2 Å². The van der Waals surface area contributed by atoms with Gasteiger partial charge in [-0.2, -0.15) is 9.61 Å². The minimum absolute atomic E-state index is 0.101. The molecule has 4 rings (SSSR count). The normalized spacial score (nSPS) is 14.6. The van der Waals surface area contributed by atoms with Gasteiger partial charge in [-0.3, -0.25) is 0 Å². The number of urea groups is 1. The zero-order chi connectivity index (χ0) is 18.8. The number of hydrogen-bond donors (Lipinski definition) is 1. The molecule has 1 aliphatic heterocycles. The van der Waals surface area contributed by atoms with Crippen LogP contribution in [0.3, 0.4) is 0 Å². The molecule has 1 aromatic carbocycles. The summed E-state index contributed by atoms with van der Waals surface area (Å²) in [4.78, 5) is 16.5. The maximum Gasteiger partial charge on any atom is 0.321 e. The summed E-state index contributed by atoms with van der Waals surface area (Å²) in [6.07, 6.45) is 2.62. The number of nitrogens with zero attached hydrogens (tertiary/aromatic N) is 6. The predicted molar refractivity (Wildman–Crippen MR) is 104 cm³/mol. The number of hydrogen-bond acceptors (Lipinski definition) is 5. The Morgan fingerprint density at radius 2 is 1.89 bits per heavy atom. The summed E-state index contributed by atoms with van der Waals surface area (Å²) in [6, 6.07) is 8.98. The summed E-state index contributed by atoms with van der Waals surface area (Å²) in [5.41, 5.74) is 2.47. The number of benzene rings is 1. The third-order valence-corrected chi connectivity index (χ3v) is 4.91. The first-order valence-corrected chi connectivity index (χ1v) is 9.28. The zero-order valence-electron chi connectivity index (χ0n) is 15.0. The van der Waals surface area contributed by atoms with Crippen molar-refractivity contribution in [3.63, 3.8) is 0 Å². The molecular formula is C18H20ClN7O. The van der Waals surface area contributed by atoms with Crippen molar-refractivity contribution in [2.24, 2.45) is 0 Å². The third kappa shape index (κ3) is 3.66. The van der Waals surface area contributed by atoms with E-state index in [9.17, 15) is 4.79 Å². The first-order chi connectivity index (χ1) is 13.1. The molecule has 0 unspecified atom stereocenters. The lowest BCUT2D eigenvalue weighted by atomic mass is 10.3. The number of rotatable bonds is 3. The first kappa shape index (κ1) is 17.5. The van der Waals surface area contributed by atoms with Crippen LogP contribution in [0.4, 0.5) is 16.2 Å². The molecule has 8 nitrogen and oxygen atoms in total. The number of carbonyl (C=O) groups excluding carboxylic acids is 1. The third-order valence-electron chi connectivity index (χ3n) is 4.66. The lowest BCUT2D eigenvalue weighted by molar-refractivity contribution is 0.208. The molecule has 0 atom stereocenters. The Bertz CT molecular complexity index is 948. The molecule has 3 heterocycles. The highest BCUT2D eigenvalue weighted by atomic mass is 35.5. The van der Waals surface area contributed by atoms with Gasteiger partial charge in [0.2, 0.25) is 0 Å². The van der Waals surface area contributed by atoms with Gasteiger partial charge in [-0.1, -0.05) is 18.5 Å². The molecule has 0 radical (unpaired) electrons. The van der Waals surface area contributed by atoms with Crippen molar-refractivity contribution in [1.29, 1.82) is 0 Å². The number of piperazine rings is 1. The van der Waals surface area contributed by atoms with Crippen LogP contribution in [-0.2, 0) is 6.42 Å². The van der Waals surface area contributed by atoms with E-state index in [0.717, 1.165) is 42.4 Å². The Kier molecular flexibility index (Phi) is 4.81. The Balaban J connectivity index is 1.38. The average molecular weight is 386 g/mol. The number of aryl methyl sites for hydroxylation is 1. The SMILES string of the molecule is CCc1nnc2cc(N3CCN(C(=O)Nc4ccc(Cl)cc4)CC3)cnn12. The van der Waals surface area contributed by atoms with E-state index in [1.807, 2.05) is 24.1 Å². The fourth-order valence-corrected chi connectivity index (χ4v) is 3.25. The van der Waals surface area contributed by atoms with E-state index >= 15 is 0 Å². The maximum absolute atomic E-state index is 12.4.